The van der Waals surface area contributed by atoms with Crippen molar-refractivity contribution in [1.29, 1.82) is 0 Å². The molecule has 1 aliphatic carbocycles. The van der Waals surface area contributed by atoms with Gasteiger partial charge in [-0.15, -0.1) is 0 Å². The van der Waals surface area contributed by atoms with Crippen LogP contribution in [0.15, 0.2) is 54.6 Å². The van der Waals surface area contributed by atoms with Crippen molar-refractivity contribution in [3.05, 3.63) is 65.7 Å². The summed E-state index contributed by atoms with van der Waals surface area (Å²) in [5.74, 6) is 0.832. The Morgan fingerprint density at radius 2 is 1.68 bits per heavy atom. The first-order valence-corrected chi connectivity index (χ1v) is 9.18. The van der Waals surface area contributed by atoms with E-state index in [1.807, 2.05) is 24.3 Å². The first kappa shape index (κ1) is 17.5. The Balaban J connectivity index is 1.68. The summed E-state index contributed by atoms with van der Waals surface area (Å²) in [6, 6.07) is 18.4. The Kier molecular flexibility index (Phi) is 5.75. The molecule has 25 heavy (non-hydrogen) atoms. The van der Waals surface area contributed by atoms with E-state index in [-0.39, 0.29) is 11.3 Å². The zero-order valence-corrected chi connectivity index (χ0v) is 15.0. The van der Waals surface area contributed by atoms with Crippen LogP contribution in [0.4, 0.5) is 0 Å². The molecule has 1 aliphatic rings. The maximum absolute atomic E-state index is 12.5. The van der Waals surface area contributed by atoms with Gasteiger partial charge in [0.25, 0.3) is 0 Å². The summed E-state index contributed by atoms with van der Waals surface area (Å²) < 4.78 is 5.35. The summed E-state index contributed by atoms with van der Waals surface area (Å²) in [5, 5.41) is 3.20. The molecule has 132 valence electrons. The van der Waals surface area contributed by atoms with Gasteiger partial charge in [0.2, 0.25) is 5.91 Å². The summed E-state index contributed by atoms with van der Waals surface area (Å²) >= 11 is 0. The van der Waals surface area contributed by atoms with Crippen molar-refractivity contribution in [2.24, 2.45) is 0 Å². The van der Waals surface area contributed by atoms with E-state index in [2.05, 4.69) is 35.6 Å². The van der Waals surface area contributed by atoms with E-state index in [9.17, 15) is 4.79 Å². The van der Waals surface area contributed by atoms with Gasteiger partial charge < -0.3 is 10.1 Å². The molecule has 3 rings (SSSR count). The number of nitrogens with one attached hydrogen (secondary N) is 1. The largest absolute Gasteiger partial charge is 0.496 e. The van der Waals surface area contributed by atoms with E-state index < -0.39 is 0 Å². The third-order valence-corrected chi connectivity index (χ3v) is 5.36. The van der Waals surface area contributed by atoms with Crippen molar-refractivity contribution < 1.29 is 9.53 Å². The lowest BCUT2D eigenvalue weighted by Crippen LogP contribution is -2.42. The fourth-order valence-corrected chi connectivity index (χ4v) is 3.94. The van der Waals surface area contributed by atoms with Gasteiger partial charge in [0.05, 0.1) is 13.5 Å². The van der Waals surface area contributed by atoms with E-state index in [1.165, 1.54) is 24.8 Å². The minimum atomic E-state index is 0.0605. The second kappa shape index (κ2) is 8.19. The molecule has 0 radical (unpaired) electrons. The van der Waals surface area contributed by atoms with Crippen LogP contribution < -0.4 is 10.1 Å². The van der Waals surface area contributed by atoms with Gasteiger partial charge in [0.15, 0.2) is 0 Å². The summed E-state index contributed by atoms with van der Waals surface area (Å²) in [6.07, 6.45) is 6.41. The number of carbonyl (C=O) groups is 1. The number of hydrogen-bond donors (Lipinski definition) is 1. The van der Waals surface area contributed by atoms with Crippen molar-refractivity contribution in [2.75, 3.05) is 13.7 Å². The van der Waals surface area contributed by atoms with Gasteiger partial charge in [0.1, 0.15) is 5.75 Å². The van der Waals surface area contributed by atoms with Gasteiger partial charge in [-0.1, -0.05) is 67.8 Å². The van der Waals surface area contributed by atoms with Crippen molar-refractivity contribution in [1.82, 2.24) is 5.32 Å². The Morgan fingerprint density at radius 3 is 2.40 bits per heavy atom. The van der Waals surface area contributed by atoms with Gasteiger partial charge >= 0.3 is 0 Å². The van der Waals surface area contributed by atoms with E-state index in [0.29, 0.717) is 13.0 Å². The van der Waals surface area contributed by atoms with E-state index in [0.717, 1.165) is 24.2 Å². The molecule has 1 N–H and O–H groups in total. The van der Waals surface area contributed by atoms with Crippen LogP contribution >= 0.6 is 0 Å². The zero-order valence-electron chi connectivity index (χ0n) is 15.0. The number of ether oxygens (including phenoxy) is 1. The van der Waals surface area contributed by atoms with Crippen LogP contribution in [0.5, 0.6) is 5.75 Å². The predicted molar refractivity (Wildman–Crippen MR) is 101 cm³/mol. The maximum atomic E-state index is 12.5. The lowest BCUT2D eigenvalue weighted by Gasteiger charge is -2.38. The molecule has 1 saturated carbocycles. The van der Waals surface area contributed by atoms with Crippen LogP contribution in [0.25, 0.3) is 0 Å². The SMILES string of the molecule is COc1ccccc1CC(=O)NCC1(c2ccccc2)CCCCC1. The topological polar surface area (TPSA) is 38.3 Å². The molecule has 0 aromatic heterocycles. The van der Waals surface area contributed by atoms with E-state index >= 15 is 0 Å². The second-order valence-corrected chi connectivity index (χ2v) is 6.97. The number of para-hydroxylation sites is 1. The highest BCUT2D eigenvalue weighted by Crippen LogP contribution is 2.38. The molecular weight excluding hydrogens is 310 g/mol. The van der Waals surface area contributed by atoms with Gasteiger partial charge in [-0.05, 0) is 24.5 Å². The number of amides is 1. The zero-order chi connectivity index (χ0) is 17.5. The average molecular weight is 337 g/mol. The van der Waals surface area contributed by atoms with E-state index in [4.69, 9.17) is 4.74 Å². The first-order chi connectivity index (χ1) is 12.2. The first-order valence-electron chi connectivity index (χ1n) is 9.18. The highest BCUT2D eigenvalue weighted by atomic mass is 16.5. The Labute approximate surface area is 150 Å². The van der Waals surface area contributed by atoms with Crippen LogP contribution in [-0.2, 0) is 16.6 Å². The van der Waals surface area contributed by atoms with Crippen LogP contribution in [0, 0.1) is 0 Å². The van der Waals surface area contributed by atoms with Crippen molar-refractivity contribution in [2.45, 2.75) is 43.9 Å². The van der Waals surface area contributed by atoms with Gasteiger partial charge in [0, 0.05) is 17.5 Å². The number of carbonyl (C=O) groups excluding carboxylic acids is 1. The van der Waals surface area contributed by atoms with Gasteiger partial charge in [-0.3, -0.25) is 4.79 Å². The van der Waals surface area contributed by atoms with Gasteiger partial charge in [-0.25, -0.2) is 0 Å². The van der Waals surface area contributed by atoms with Crippen LogP contribution in [0.3, 0.4) is 0 Å². The Hall–Kier alpha value is -2.29. The standard InChI is InChI=1S/C22H27NO2/c1-25-20-13-7-6-10-18(20)16-21(24)23-17-22(14-8-3-9-15-22)19-11-4-2-5-12-19/h2,4-7,10-13H,3,8-9,14-17H2,1H3,(H,23,24). The minimum Gasteiger partial charge on any atom is -0.496 e. The summed E-state index contributed by atoms with van der Waals surface area (Å²) in [5.41, 5.74) is 2.36. The number of benzene rings is 2. The molecule has 2 aromatic carbocycles. The Morgan fingerprint density at radius 1 is 1.00 bits per heavy atom. The molecule has 1 fully saturated rings. The predicted octanol–water partition coefficient (Wildman–Crippen LogP) is 4.26. The van der Waals surface area contributed by atoms with E-state index in [1.54, 1.807) is 7.11 Å². The highest BCUT2D eigenvalue weighted by Gasteiger charge is 2.34. The van der Waals surface area contributed by atoms with Crippen LogP contribution in [-0.4, -0.2) is 19.6 Å². The molecule has 0 atom stereocenters. The van der Waals surface area contributed by atoms with Crippen molar-refractivity contribution >= 4 is 5.91 Å². The Bertz CT molecular complexity index is 690. The molecular formula is C22H27NO2. The molecule has 3 heteroatoms. The summed E-state index contributed by atoms with van der Waals surface area (Å²) in [7, 11) is 1.64. The third kappa shape index (κ3) is 4.22. The molecule has 0 spiro atoms. The fourth-order valence-electron chi connectivity index (χ4n) is 3.94. The van der Waals surface area contributed by atoms with Crippen molar-refractivity contribution in [3.8, 4) is 5.75 Å². The van der Waals surface area contributed by atoms with Gasteiger partial charge in [-0.2, -0.15) is 0 Å². The lowest BCUT2D eigenvalue weighted by atomic mass is 9.69. The van der Waals surface area contributed by atoms with Crippen LogP contribution in [0.2, 0.25) is 0 Å². The third-order valence-electron chi connectivity index (χ3n) is 5.36. The molecule has 2 aromatic rings. The molecule has 3 nitrogen and oxygen atoms in total. The molecule has 0 aliphatic heterocycles. The second-order valence-electron chi connectivity index (χ2n) is 6.97. The smallest absolute Gasteiger partial charge is 0.224 e. The number of rotatable bonds is 6. The molecule has 0 saturated heterocycles. The van der Waals surface area contributed by atoms with Crippen molar-refractivity contribution in [3.63, 3.8) is 0 Å². The maximum Gasteiger partial charge on any atom is 0.224 e. The number of methoxy groups -OCH3 is 1. The quantitative estimate of drug-likeness (QED) is 0.855. The number of hydrogen-bond acceptors (Lipinski definition) is 2. The fraction of sp³-hybridized carbons (Fsp3) is 0.409. The summed E-state index contributed by atoms with van der Waals surface area (Å²) in [4.78, 5) is 12.5. The highest BCUT2D eigenvalue weighted by molar-refractivity contribution is 5.79. The monoisotopic (exact) mass is 337 g/mol. The average Bonchev–Trinajstić information content (AvgIpc) is 2.68. The minimum absolute atomic E-state index is 0.0605. The molecule has 0 unspecified atom stereocenters. The molecule has 0 heterocycles. The summed E-state index contributed by atoms with van der Waals surface area (Å²) in [6.45, 7) is 0.713. The lowest BCUT2D eigenvalue weighted by molar-refractivity contribution is -0.120. The van der Waals surface area contributed by atoms with Crippen LogP contribution in [0.1, 0.15) is 43.2 Å². The normalized spacial score (nSPS) is 16.2. The molecule has 1 amide bonds. The molecule has 0 bridgehead atoms.